The minimum atomic E-state index is -0.789. The first kappa shape index (κ1) is 13.6. The second-order valence-electron chi connectivity index (χ2n) is 4.70. The Morgan fingerprint density at radius 3 is 2.53 bits per heavy atom. The predicted molar refractivity (Wildman–Crippen MR) is 67.5 cm³/mol. The zero-order valence-corrected chi connectivity index (χ0v) is 10.7. The number of aromatic hydroxyl groups is 1. The molecule has 1 aromatic carbocycles. The van der Waals surface area contributed by atoms with Crippen LogP contribution in [0.15, 0.2) is 12.1 Å². The van der Waals surface area contributed by atoms with E-state index in [1.165, 1.54) is 0 Å². The van der Waals surface area contributed by atoms with Crippen molar-refractivity contribution in [1.29, 1.82) is 0 Å². The molecule has 1 rings (SSSR count). The van der Waals surface area contributed by atoms with Crippen molar-refractivity contribution in [3.05, 3.63) is 28.8 Å². The Labute approximate surface area is 102 Å². The van der Waals surface area contributed by atoms with Gasteiger partial charge in [-0.2, -0.15) is 0 Å². The van der Waals surface area contributed by atoms with Gasteiger partial charge >= 0.3 is 5.97 Å². The molecule has 0 fully saturated rings. The number of phenols is 1. The summed E-state index contributed by atoms with van der Waals surface area (Å²) >= 11 is 0. The van der Waals surface area contributed by atoms with Crippen LogP contribution < -0.4 is 0 Å². The van der Waals surface area contributed by atoms with Crippen molar-refractivity contribution in [3.8, 4) is 5.75 Å². The monoisotopic (exact) mass is 236 g/mol. The molecule has 0 saturated carbocycles. The van der Waals surface area contributed by atoms with E-state index in [0.29, 0.717) is 24.5 Å². The molecular formula is C14H20O3. The van der Waals surface area contributed by atoms with Gasteiger partial charge in [-0.1, -0.05) is 26.0 Å². The molecule has 3 heteroatoms. The van der Waals surface area contributed by atoms with E-state index in [-0.39, 0.29) is 6.42 Å². The van der Waals surface area contributed by atoms with Gasteiger partial charge in [-0.25, -0.2) is 0 Å². The molecule has 0 aliphatic heterocycles. The summed E-state index contributed by atoms with van der Waals surface area (Å²) in [4.78, 5) is 10.5. The van der Waals surface area contributed by atoms with Crippen molar-refractivity contribution in [2.24, 2.45) is 0 Å². The lowest BCUT2D eigenvalue weighted by Gasteiger charge is -2.15. The zero-order chi connectivity index (χ0) is 13.0. The molecule has 94 valence electrons. The first-order valence-electron chi connectivity index (χ1n) is 5.96. The number of carboxylic acids is 1. The van der Waals surface area contributed by atoms with Crippen LogP contribution in [0.2, 0.25) is 0 Å². The quantitative estimate of drug-likeness (QED) is 0.825. The summed E-state index contributed by atoms with van der Waals surface area (Å²) in [5.41, 5.74) is 2.86. The van der Waals surface area contributed by atoms with Gasteiger partial charge in [0, 0.05) is 6.42 Å². The molecule has 3 nitrogen and oxygen atoms in total. The molecular weight excluding hydrogens is 216 g/mol. The van der Waals surface area contributed by atoms with E-state index >= 15 is 0 Å². The van der Waals surface area contributed by atoms with Crippen LogP contribution >= 0.6 is 0 Å². The van der Waals surface area contributed by atoms with E-state index in [1.54, 1.807) is 0 Å². The molecule has 0 aliphatic carbocycles. The average Bonchev–Trinajstić information content (AvgIpc) is 2.23. The van der Waals surface area contributed by atoms with Gasteiger partial charge in [0.25, 0.3) is 0 Å². The lowest BCUT2D eigenvalue weighted by atomic mass is 9.91. The third-order valence-corrected chi connectivity index (χ3v) is 2.96. The minimum absolute atomic E-state index is 0.144. The largest absolute Gasteiger partial charge is 0.507 e. The second kappa shape index (κ2) is 5.71. The standard InChI is InChI=1S/C14H20O3/c1-9(2)11-8-7-10(3)14(17)12(11)5-4-6-13(15)16/h7-9,17H,4-6H2,1-3H3,(H,15,16). The highest BCUT2D eigenvalue weighted by atomic mass is 16.4. The Morgan fingerprint density at radius 2 is 2.00 bits per heavy atom. The van der Waals surface area contributed by atoms with Gasteiger partial charge < -0.3 is 10.2 Å². The Balaban J connectivity index is 2.94. The number of rotatable bonds is 5. The lowest BCUT2D eigenvalue weighted by Crippen LogP contribution is -2.01. The second-order valence-corrected chi connectivity index (χ2v) is 4.70. The molecule has 0 aliphatic rings. The zero-order valence-electron chi connectivity index (χ0n) is 10.7. The highest BCUT2D eigenvalue weighted by molar-refractivity contribution is 5.66. The van der Waals surface area contributed by atoms with Gasteiger partial charge in [0.2, 0.25) is 0 Å². The molecule has 0 amide bonds. The van der Waals surface area contributed by atoms with Crippen molar-refractivity contribution >= 4 is 5.97 Å². The SMILES string of the molecule is Cc1ccc(C(C)C)c(CCCC(=O)O)c1O. The van der Waals surface area contributed by atoms with Crippen LogP contribution in [-0.2, 0) is 11.2 Å². The third kappa shape index (κ3) is 3.48. The Bertz CT molecular complexity index is 408. The van der Waals surface area contributed by atoms with E-state index in [2.05, 4.69) is 13.8 Å². The number of hydrogen-bond donors (Lipinski definition) is 2. The molecule has 0 atom stereocenters. The van der Waals surface area contributed by atoms with Gasteiger partial charge in [-0.15, -0.1) is 0 Å². The smallest absolute Gasteiger partial charge is 0.303 e. The van der Waals surface area contributed by atoms with E-state index < -0.39 is 5.97 Å². The maximum Gasteiger partial charge on any atom is 0.303 e. The van der Waals surface area contributed by atoms with Crippen LogP contribution in [0, 0.1) is 6.92 Å². The van der Waals surface area contributed by atoms with Crippen LogP contribution in [0.25, 0.3) is 0 Å². The highest BCUT2D eigenvalue weighted by Gasteiger charge is 2.13. The molecule has 0 saturated heterocycles. The van der Waals surface area contributed by atoms with Crippen LogP contribution in [0.3, 0.4) is 0 Å². The number of aryl methyl sites for hydroxylation is 1. The van der Waals surface area contributed by atoms with Crippen molar-refractivity contribution in [1.82, 2.24) is 0 Å². The van der Waals surface area contributed by atoms with Gasteiger partial charge in [-0.3, -0.25) is 4.79 Å². The van der Waals surface area contributed by atoms with Crippen LogP contribution in [0.5, 0.6) is 5.75 Å². The van der Waals surface area contributed by atoms with Crippen molar-refractivity contribution in [2.75, 3.05) is 0 Å². The summed E-state index contributed by atoms with van der Waals surface area (Å²) in [7, 11) is 0. The van der Waals surface area contributed by atoms with Crippen LogP contribution in [-0.4, -0.2) is 16.2 Å². The fraction of sp³-hybridized carbons (Fsp3) is 0.500. The molecule has 0 bridgehead atoms. The van der Waals surface area contributed by atoms with Gasteiger partial charge in [0.15, 0.2) is 0 Å². The minimum Gasteiger partial charge on any atom is -0.507 e. The molecule has 0 heterocycles. The van der Waals surface area contributed by atoms with Crippen molar-refractivity contribution in [3.63, 3.8) is 0 Å². The van der Waals surface area contributed by atoms with Crippen LogP contribution in [0.1, 0.15) is 49.3 Å². The summed E-state index contributed by atoms with van der Waals surface area (Å²) in [6, 6.07) is 3.93. The normalized spacial score (nSPS) is 10.8. The highest BCUT2D eigenvalue weighted by Crippen LogP contribution is 2.31. The lowest BCUT2D eigenvalue weighted by molar-refractivity contribution is -0.137. The number of aliphatic carboxylic acids is 1. The van der Waals surface area contributed by atoms with E-state index in [0.717, 1.165) is 16.7 Å². The molecule has 0 radical (unpaired) electrons. The van der Waals surface area contributed by atoms with E-state index in [1.807, 2.05) is 19.1 Å². The average molecular weight is 236 g/mol. The summed E-state index contributed by atoms with van der Waals surface area (Å²) in [6.45, 7) is 6.01. The van der Waals surface area contributed by atoms with E-state index in [4.69, 9.17) is 5.11 Å². The number of carbonyl (C=O) groups is 1. The number of hydrogen-bond acceptors (Lipinski definition) is 2. The maximum absolute atomic E-state index is 10.5. The van der Waals surface area contributed by atoms with Crippen molar-refractivity contribution in [2.45, 2.75) is 46.0 Å². The maximum atomic E-state index is 10.5. The van der Waals surface area contributed by atoms with Crippen molar-refractivity contribution < 1.29 is 15.0 Å². The summed E-state index contributed by atoms with van der Waals surface area (Å²) in [5, 5.41) is 18.7. The molecule has 1 aromatic rings. The van der Waals surface area contributed by atoms with Gasteiger partial charge in [0.05, 0.1) is 0 Å². The Hall–Kier alpha value is -1.51. The Kier molecular flexibility index (Phi) is 4.55. The van der Waals surface area contributed by atoms with Crippen LogP contribution in [0.4, 0.5) is 0 Å². The number of phenolic OH excluding ortho intramolecular Hbond substituents is 1. The topological polar surface area (TPSA) is 57.5 Å². The summed E-state index contributed by atoms with van der Waals surface area (Å²) in [6.07, 6.45) is 1.32. The third-order valence-electron chi connectivity index (χ3n) is 2.96. The molecule has 0 unspecified atom stereocenters. The number of carboxylic acid groups (broad SMARTS) is 1. The summed E-state index contributed by atoms with van der Waals surface area (Å²) < 4.78 is 0. The molecule has 0 aromatic heterocycles. The fourth-order valence-corrected chi connectivity index (χ4v) is 1.99. The molecule has 2 N–H and O–H groups in total. The fourth-order valence-electron chi connectivity index (χ4n) is 1.99. The molecule has 0 spiro atoms. The molecule has 17 heavy (non-hydrogen) atoms. The first-order valence-corrected chi connectivity index (χ1v) is 5.96. The summed E-state index contributed by atoms with van der Waals surface area (Å²) in [5.74, 6) is -0.133. The van der Waals surface area contributed by atoms with Gasteiger partial charge in [-0.05, 0) is 42.4 Å². The number of benzene rings is 1. The first-order chi connectivity index (χ1) is 7.93. The van der Waals surface area contributed by atoms with Gasteiger partial charge in [0.1, 0.15) is 5.75 Å². The predicted octanol–water partition coefficient (Wildman–Crippen LogP) is 3.23. The van der Waals surface area contributed by atoms with E-state index in [9.17, 15) is 9.90 Å². The Morgan fingerprint density at radius 1 is 1.35 bits per heavy atom.